The molecule has 116 valence electrons. The van der Waals surface area contributed by atoms with Crippen LogP contribution < -0.4 is 10.9 Å². The van der Waals surface area contributed by atoms with E-state index in [1.165, 1.54) is 0 Å². The van der Waals surface area contributed by atoms with Gasteiger partial charge >= 0.3 is 5.63 Å². The number of benzene rings is 1. The minimum absolute atomic E-state index is 0.00258. The molecule has 6 heteroatoms. The Kier molecular flexibility index (Phi) is 4.42. The Bertz CT molecular complexity index is 936. The van der Waals surface area contributed by atoms with Crippen molar-refractivity contribution in [1.82, 2.24) is 10.3 Å². The van der Waals surface area contributed by atoms with Crippen molar-refractivity contribution in [3.05, 3.63) is 73.4 Å². The van der Waals surface area contributed by atoms with Crippen molar-refractivity contribution in [1.29, 1.82) is 0 Å². The Balaban J connectivity index is 1.91. The van der Waals surface area contributed by atoms with Crippen LogP contribution in [0, 0.1) is 10.5 Å². The number of rotatable bonds is 3. The van der Waals surface area contributed by atoms with Crippen molar-refractivity contribution in [3.63, 3.8) is 0 Å². The van der Waals surface area contributed by atoms with E-state index in [0.29, 0.717) is 12.1 Å². The zero-order chi connectivity index (χ0) is 16.4. The van der Waals surface area contributed by atoms with E-state index in [1.807, 2.05) is 25.1 Å². The normalized spacial score (nSPS) is 10.7. The number of nitrogens with one attached hydrogen (secondary N) is 1. The highest BCUT2D eigenvalue weighted by atomic mass is 127. The van der Waals surface area contributed by atoms with Gasteiger partial charge in [0.25, 0.3) is 5.91 Å². The van der Waals surface area contributed by atoms with E-state index >= 15 is 0 Å². The Morgan fingerprint density at radius 1 is 1.35 bits per heavy atom. The molecule has 23 heavy (non-hydrogen) atoms. The average Bonchev–Trinajstić information content (AvgIpc) is 2.54. The molecular weight excluding hydrogens is 407 g/mol. The van der Waals surface area contributed by atoms with Gasteiger partial charge in [-0.1, -0.05) is 6.07 Å². The van der Waals surface area contributed by atoms with Crippen LogP contribution in [0.15, 0.2) is 51.9 Å². The van der Waals surface area contributed by atoms with Crippen LogP contribution in [0.3, 0.4) is 0 Å². The van der Waals surface area contributed by atoms with Crippen LogP contribution in [0.5, 0.6) is 0 Å². The smallest absolute Gasteiger partial charge is 0.349 e. The van der Waals surface area contributed by atoms with Gasteiger partial charge in [0.05, 0.1) is 0 Å². The molecule has 0 bridgehead atoms. The molecule has 0 atom stereocenters. The number of pyridine rings is 1. The standard InChI is InChI=1S/C17H13IN2O3/c1-10-5-13(18)6-12-7-14(17(22)23-15(10)12)16(21)20-9-11-3-2-4-19-8-11/h2-8H,9H2,1H3,(H,20,21). The monoisotopic (exact) mass is 420 g/mol. The summed E-state index contributed by atoms with van der Waals surface area (Å²) in [4.78, 5) is 28.3. The number of fused-ring (bicyclic) bond motifs is 1. The van der Waals surface area contributed by atoms with Gasteiger partial charge in [-0.05, 0) is 64.9 Å². The summed E-state index contributed by atoms with van der Waals surface area (Å²) in [5.41, 5.74) is 1.61. The number of hydrogen-bond acceptors (Lipinski definition) is 4. The highest BCUT2D eigenvalue weighted by molar-refractivity contribution is 14.1. The number of hydrogen-bond donors (Lipinski definition) is 1. The largest absolute Gasteiger partial charge is 0.422 e. The molecule has 0 saturated carbocycles. The second kappa shape index (κ2) is 6.49. The summed E-state index contributed by atoms with van der Waals surface area (Å²) in [7, 11) is 0. The molecule has 2 heterocycles. The molecule has 0 aliphatic heterocycles. The van der Waals surface area contributed by atoms with Crippen LogP contribution in [0.25, 0.3) is 11.0 Å². The van der Waals surface area contributed by atoms with Crippen molar-refractivity contribution in [2.75, 3.05) is 0 Å². The predicted octanol–water partition coefficient (Wildman–Crippen LogP) is 3.03. The van der Waals surface area contributed by atoms with Crippen LogP contribution in [-0.2, 0) is 6.54 Å². The molecule has 5 nitrogen and oxygen atoms in total. The van der Waals surface area contributed by atoms with Crippen molar-refractivity contribution in [3.8, 4) is 0 Å². The van der Waals surface area contributed by atoms with E-state index < -0.39 is 11.5 Å². The van der Waals surface area contributed by atoms with E-state index in [9.17, 15) is 9.59 Å². The third-order valence-corrected chi connectivity index (χ3v) is 4.03. The lowest BCUT2D eigenvalue weighted by Crippen LogP contribution is -2.27. The van der Waals surface area contributed by atoms with E-state index in [0.717, 1.165) is 20.1 Å². The zero-order valence-electron chi connectivity index (χ0n) is 12.3. The quantitative estimate of drug-likeness (QED) is 0.523. The molecule has 0 aliphatic rings. The van der Waals surface area contributed by atoms with Gasteiger partial charge in [-0.3, -0.25) is 9.78 Å². The Labute approximate surface area is 145 Å². The first-order valence-electron chi connectivity index (χ1n) is 6.96. The van der Waals surface area contributed by atoms with Gasteiger partial charge in [0.2, 0.25) is 0 Å². The number of carbonyl (C=O) groups excluding carboxylic acids is 1. The number of halogens is 1. The number of carbonyl (C=O) groups is 1. The Morgan fingerprint density at radius 2 is 2.17 bits per heavy atom. The van der Waals surface area contributed by atoms with Gasteiger partial charge in [-0.25, -0.2) is 4.79 Å². The van der Waals surface area contributed by atoms with Crippen molar-refractivity contribution in [2.45, 2.75) is 13.5 Å². The number of nitrogens with zero attached hydrogens (tertiary/aromatic N) is 1. The minimum atomic E-state index is -0.634. The van der Waals surface area contributed by atoms with E-state index in [1.54, 1.807) is 24.5 Å². The molecule has 0 unspecified atom stereocenters. The second-order valence-electron chi connectivity index (χ2n) is 5.13. The van der Waals surface area contributed by atoms with Crippen LogP contribution in [0.1, 0.15) is 21.5 Å². The van der Waals surface area contributed by atoms with Crippen LogP contribution >= 0.6 is 22.6 Å². The summed E-state index contributed by atoms with van der Waals surface area (Å²) in [5.74, 6) is -0.457. The van der Waals surface area contributed by atoms with Crippen LogP contribution in [0.4, 0.5) is 0 Å². The topological polar surface area (TPSA) is 72.2 Å². The fraction of sp³-hybridized carbons (Fsp3) is 0.118. The van der Waals surface area contributed by atoms with Crippen molar-refractivity contribution < 1.29 is 9.21 Å². The molecule has 0 radical (unpaired) electrons. The summed E-state index contributed by atoms with van der Waals surface area (Å²) in [6.45, 7) is 2.17. The average molecular weight is 420 g/mol. The molecule has 3 rings (SSSR count). The molecule has 1 N–H and O–H groups in total. The first-order valence-corrected chi connectivity index (χ1v) is 8.03. The highest BCUT2D eigenvalue weighted by Crippen LogP contribution is 2.21. The fourth-order valence-corrected chi connectivity index (χ4v) is 3.11. The number of aromatic nitrogens is 1. The van der Waals surface area contributed by atoms with Gasteiger partial charge in [-0.15, -0.1) is 0 Å². The van der Waals surface area contributed by atoms with Gasteiger partial charge in [0.15, 0.2) is 0 Å². The molecule has 0 aliphatic carbocycles. The first kappa shape index (κ1) is 15.7. The molecule has 3 aromatic rings. The van der Waals surface area contributed by atoms with Gasteiger partial charge in [0.1, 0.15) is 11.1 Å². The summed E-state index contributed by atoms with van der Waals surface area (Å²) in [6.07, 6.45) is 3.32. The van der Waals surface area contributed by atoms with Crippen LogP contribution in [-0.4, -0.2) is 10.9 Å². The van der Waals surface area contributed by atoms with Crippen LogP contribution in [0.2, 0.25) is 0 Å². The summed E-state index contributed by atoms with van der Waals surface area (Å²) >= 11 is 2.19. The lowest BCUT2D eigenvalue weighted by atomic mass is 10.1. The molecular formula is C17H13IN2O3. The third kappa shape index (κ3) is 3.42. The number of amides is 1. The Hall–Kier alpha value is -2.22. The van der Waals surface area contributed by atoms with E-state index in [-0.39, 0.29) is 5.56 Å². The minimum Gasteiger partial charge on any atom is -0.422 e. The summed E-state index contributed by atoms with van der Waals surface area (Å²) in [5, 5.41) is 3.45. The summed E-state index contributed by atoms with van der Waals surface area (Å²) in [6, 6.07) is 9.02. The lowest BCUT2D eigenvalue weighted by molar-refractivity contribution is 0.0947. The van der Waals surface area contributed by atoms with E-state index in [2.05, 4.69) is 32.9 Å². The molecule has 1 aromatic carbocycles. The number of aryl methyl sites for hydroxylation is 1. The van der Waals surface area contributed by atoms with Crippen molar-refractivity contribution in [2.24, 2.45) is 0 Å². The molecule has 0 fully saturated rings. The molecule has 0 spiro atoms. The molecule has 0 saturated heterocycles. The maximum atomic E-state index is 12.3. The summed E-state index contributed by atoms with van der Waals surface area (Å²) < 4.78 is 6.34. The Morgan fingerprint density at radius 3 is 2.91 bits per heavy atom. The molecule has 1 amide bonds. The maximum Gasteiger partial charge on any atom is 0.349 e. The maximum absolute atomic E-state index is 12.3. The van der Waals surface area contributed by atoms with E-state index in [4.69, 9.17) is 4.42 Å². The van der Waals surface area contributed by atoms with Gasteiger partial charge in [0, 0.05) is 27.9 Å². The third-order valence-electron chi connectivity index (χ3n) is 3.40. The zero-order valence-corrected chi connectivity index (χ0v) is 14.5. The van der Waals surface area contributed by atoms with Gasteiger partial charge in [-0.2, -0.15) is 0 Å². The van der Waals surface area contributed by atoms with Gasteiger partial charge < -0.3 is 9.73 Å². The first-order chi connectivity index (χ1) is 11.0. The highest BCUT2D eigenvalue weighted by Gasteiger charge is 2.14. The second-order valence-corrected chi connectivity index (χ2v) is 6.38. The SMILES string of the molecule is Cc1cc(I)cc2cc(C(=O)NCc3cccnc3)c(=O)oc12. The fourth-order valence-electron chi connectivity index (χ4n) is 2.30. The predicted molar refractivity (Wildman–Crippen MR) is 95.3 cm³/mol. The molecule has 2 aromatic heterocycles. The lowest BCUT2D eigenvalue weighted by Gasteiger charge is -2.06. The van der Waals surface area contributed by atoms with Crippen molar-refractivity contribution >= 4 is 39.5 Å².